The fourth-order valence-corrected chi connectivity index (χ4v) is 5.80. The van der Waals surface area contributed by atoms with E-state index in [1.807, 2.05) is 48.3 Å². The Kier molecular flexibility index (Phi) is 9.93. The molecule has 0 aliphatic carbocycles. The molecule has 0 saturated heterocycles. The number of aromatic nitrogens is 1. The van der Waals surface area contributed by atoms with E-state index in [1.165, 1.54) is 36.0 Å². The first-order chi connectivity index (χ1) is 22.5. The molecule has 13 heteroatoms. The summed E-state index contributed by atoms with van der Waals surface area (Å²) >= 11 is 1.24. The number of halogens is 2. The van der Waals surface area contributed by atoms with Crippen molar-refractivity contribution in [3.05, 3.63) is 101 Å². The quantitative estimate of drug-likeness (QED) is 0.165. The Morgan fingerprint density at radius 2 is 1.85 bits per heavy atom. The normalized spacial score (nSPS) is 13.5. The molecule has 0 spiro atoms. The molecular weight excluding hydrogens is 628 g/mol. The third kappa shape index (κ3) is 7.62. The molecule has 0 amide bonds. The van der Waals surface area contributed by atoms with Gasteiger partial charge in [0.25, 0.3) is 5.88 Å². The number of carbonyl (C=O) groups is 1. The number of ether oxygens (including phenoxy) is 3. The van der Waals surface area contributed by atoms with Crippen molar-refractivity contribution in [3.8, 4) is 34.9 Å². The summed E-state index contributed by atoms with van der Waals surface area (Å²) in [6, 6.07) is 19.5. The lowest BCUT2D eigenvalue weighted by Gasteiger charge is -2.28. The van der Waals surface area contributed by atoms with Gasteiger partial charge in [0, 0.05) is 29.3 Å². The molecule has 0 radical (unpaired) electrons. The maximum absolute atomic E-state index is 15.9. The Labute approximate surface area is 274 Å². The van der Waals surface area contributed by atoms with Crippen molar-refractivity contribution in [2.45, 2.75) is 36.1 Å². The third-order valence-electron chi connectivity index (χ3n) is 7.27. The minimum absolute atomic E-state index is 0.00451. The minimum atomic E-state index is -1.22. The zero-order valence-corrected chi connectivity index (χ0v) is 26.6. The number of amidine groups is 1. The number of hydrogen-bond donors (Lipinski definition) is 2. The highest BCUT2D eigenvalue weighted by molar-refractivity contribution is 8.00. The minimum Gasteiger partial charge on any atom is -0.485 e. The molecule has 0 saturated carbocycles. The van der Waals surface area contributed by atoms with Crippen molar-refractivity contribution >= 4 is 23.6 Å². The van der Waals surface area contributed by atoms with Crippen molar-refractivity contribution in [1.29, 1.82) is 5.26 Å². The molecule has 47 heavy (non-hydrogen) atoms. The van der Waals surface area contributed by atoms with E-state index < -0.39 is 40.0 Å². The molecule has 1 atom stereocenters. The summed E-state index contributed by atoms with van der Waals surface area (Å²) in [5.74, 6) is -3.98. The van der Waals surface area contributed by atoms with Crippen LogP contribution in [0, 0.1) is 23.0 Å². The zero-order valence-electron chi connectivity index (χ0n) is 25.7. The number of nitriles is 1. The number of likely N-dealkylation sites (N-methyl/N-ethyl adjacent to an activating group) is 1. The van der Waals surface area contributed by atoms with Gasteiger partial charge in [0.2, 0.25) is 11.6 Å². The van der Waals surface area contributed by atoms with Crippen LogP contribution in [0.25, 0.3) is 0 Å². The molecule has 0 fully saturated rings. The molecule has 3 aromatic carbocycles. The summed E-state index contributed by atoms with van der Waals surface area (Å²) < 4.78 is 47.7. The molecule has 242 valence electrons. The predicted molar refractivity (Wildman–Crippen MR) is 172 cm³/mol. The number of aliphatic imine (C=N–C) groups is 1. The van der Waals surface area contributed by atoms with Crippen LogP contribution in [-0.4, -0.2) is 57.7 Å². The largest absolute Gasteiger partial charge is 0.485 e. The molecule has 4 aromatic rings. The Bertz CT molecular complexity index is 1870. The fraction of sp³-hybridized carbons (Fsp3) is 0.235. The first-order valence-corrected chi connectivity index (χ1v) is 15.3. The van der Waals surface area contributed by atoms with Crippen LogP contribution in [0.3, 0.4) is 0 Å². The second kappa shape index (κ2) is 14.1. The highest BCUT2D eigenvalue weighted by atomic mass is 32.2. The van der Waals surface area contributed by atoms with E-state index in [9.17, 15) is 15.2 Å². The first-order valence-electron chi connectivity index (χ1n) is 14.4. The van der Waals surface area contributed by atoms with Gasteiger partial charge in [0.05, 0.1) is 29.9 Å². The highest BCUT2D eigenvalue weighted by Crippen LogP contribution is 2.41. The lowest BCUT2D eigenvalue weighted by atomic mass is 10.1. The molecule has 1 aliphatic rings. The van der Waals surface area contributed by atoms with Gasteiger partial charge in [0.15, 0.2) is 17.3 Å². The van der Waals surface area contributed by atoms with Crippen LogP contribution in [0.2, 0.25) is 0 Å². The SMILES string of the molecule is CN1CCN=C1c1cc(SC(C)(C)C(N)C(=O)O)ccc1Oc1c(F)cnc(Oc2cc(C#N)ccc2OCc2ccccc2)c1F. The number of carboxylic acid groups (broad SMARTS) is 1. The second-order valence-electron chi connectivity index (χ2n) is 11.1. The average molecular weight is 660 g/mol. The van der Waals surface area contributed by atoms with Crippen LogP contribution >= 0.6 is 11.8 Å². The highest BCUT2D eigenvalue weighted by Gasteiger charge is 2.34. The van der Waals surface area contributed by atoms with Crippen molar-refractivity contribution in [2.24, 2.45) is 10.7 Å². The van der Waals surface area contributed by atoms with E-state index in [0.717, 1.165) is 11.8 Å². The molecule has 5 rings (SSSR count). The van der Waals surface area contributed by atoms with E-state index in [-0.39, 0.29) is 29.4 Å². The van der Waals surface area contributed by atoms with Crippen LogP contribution in [0.4, 0.5) is 8.78 Å². The van der Waals surface area contributed by atoms with Gasteiger partial charge in [-0.2, -0.15) is 9.65 Å². The summed E-state index contributed by atoms with van der Waals surface area (Å²) in [6.07, 6.45) is 0.769. The molecular formula is C34H31F2N5O5S. The number of hydrogen-bond acceptors (Lipinski definition) is 10. The van der Waals surface area contributed by atoms with E-state index in [0.29, 0.717) is 29.4 Å². The summed E-state index contributed by atoms with van der Waals surface area (Å²) in [4.78, 5) is 22.4. The predicted octanol–water partition coefficient (Wildman–Crippen LogP) is 6.37. The van der Waals surface area contributed by atoms with Crippen LogP contribution in [-0.2, 0) is 11.4 Å². The van der Waals surface area contributed by atoms with E-state index in [2.05, 4.69) is 9.98 Å². The molecule has 1 aromatic heterocycles. The average Bonchev–Trinajstić information content (AvgIpc) is 3.49. The number of nitrogens with zero attached hydrogens (tertiary/aromatic N) is 4. The number of rotatable bonds is 12. The Hall–Kier alpha value is -5.19. The van der Waals surface area contributed by atoms with Gasteiger partial charge < -0.3 is 30.0 Å². The summed E-state index contributed by atoms with van der Waals surface area (Å²) in [5.41, 5.74) is 7.46. The molecule has 10 nitrogen and oxygen atoms in total. The lowest BCUT2D eigenvalue weighted by molar-refractivity contribution is -0.139. The smallest absolute Gasteiger partial charge is 0.321 e. The Balaban J connectivity index is 1.47. The van der Waals surface area contributed by atoms with Gasteiger partial charge in [-0.15, -0.1) is 11.8 Å². The zero-order chi connectivity index (χ0) is 33.7. The summed E-state index contributed by atoms with van der Waals surface area (Å²) in [7, 11) is 1.83. The number of nitrogens with two attached hydrogens (primary N) is 1. The van der Waals surface area contributed by atoms with E-state index in [4.69, 9.17) is 19.9 Å². The summed E-state index contributed by atoms with van der Waals surface area (Å²) in [5, 5.41) is 18.9. The van der Waals surface area contributed by atoms with Crippen LogP contribution in [0.5, 0.6) is 28.9 Å². The monoisotopic (exact) mass is 659 g/mol. The van der Waals surface area contributed by atoms with E-state index in [1.54, 1.807) is 26.0 Å². The molecule has 2 heterocycles. The Morgan fingerprint density at radius 3 is 2.53 bits per heavy atom. The van der Waals surface area contributed by atoms with Crippen LogP contribution < -0.4 is 19.9 Å². The van der Waals surface area contributed by atoms with Gasteiger partial charge in [-0.05, 0) is 49.7 Å². The van der Waals surface area contributed by atoms with Crippen molar-refractivity contribution in [2.75, 3.05) is 20.1 Å². The standard InChI is InChI=1S/C34H31F2N5O5S/c1-34(2,30(38)33(42)43)47-22-10-12-25(23(16-22)31-39-13-14-41(31)3)45-29-24(35)18-40-32(28(29)36)46-27-15-21(17-37)9-11-26(27)44-19-20-7-5-4-6-8-20/h4-12,15-16,18,30H,13-14,19,38H2,1-3H3,(H,42,43). The van der Waals surface area contributed by atoms with E-state index >= 15 is 8.78 Å². The molecule has 1 aliphatic heterocycles. The van der Waals surface area contributed by atoms with Gasteiger partial charge in [-0.25, -0.2) is 9.37 Å². The van der Waals surface area contributed by atoms with Gasteiger partial charge in [-0.1, -0.05) is 30.3 Å². The number of benzene rings is 3. The number of thioether (sulfide) groups is 1. The molecule has 0 bridgehead atoms. The maximum atomic E-state index is 15.9. The second-order valence-corrected chi connectivity index (χ2v) is 12.8. The van der Waals surface area contributed by atoms with Crippen LogP contribution in [0.1, 0.15) is 30.5 Å². The van der Waals surface area contributed by atoms with Gasteiger partial charge in [0.1, 0.15) is 24.2 Å². The molecule has 1 unspecified atom stereocenters. The number of carboxylic acids is 1. The maximum Gasteiger partial charge on any atom is 0.321 e. The number of aliphatic carboxylic acids is 1. The van der Waals surface area contributed by atoms with Gasteiger partial charge >= 0.3 is 5.97 Å². The summed E-state index contributed by atoms with van der Waals surface area (Å²) in [6.45, 7) is 4.73. The fourth-order valence-electron chi connectivity index (χ4n) is 4.65. The lowest BCUT2D eigenvalue weighted by Crippen LogP contribution is -2.46. The van der Waals surface area contributed by atoms with Crippen molar-refractivity contribution in [3.63, 3.8) is 0 Å². The first kappa shape index (κ1) is 33.2. The topological polar surface area (TPSA) is 143 Å². The molecule has 3 N–H and O–H groups in total. The Morgan fingerprint density at radius 1 is 1.11 bits per heavy atom. The third-order valence-corrected chi connectivity index (χ3v) is 8.54. The van der Waals surface area contributed by atoms with Gasteiger partial charge in [-0.3, -0.25) is 9.79 Å². The number of pyridine rings is 1. The van der Waals surface area contributed by atoms with Crippen LogP contribution in [0.15, 0.2) is 82.8 Å². The van der Waals surface area contributed by atoms with Crippen molar-refractivity contribution in [1.82, 2.24) is 9.88 Å². The van der Waals surface area contributed by atoms with Crippen molar-refractivity contribution < 1.29 is 32.9 Å².